The number of aryl methyl sites for hydroxylation is 1. The standard InChI is InChI=1S/C29H35N5O3.C2HF3O2/c1-32-26-18-22(8-11-24(26)34(29(32)37)25-12-13-27(35)31-28(25)36)21-4-2-19(3-5-21)20-6-9-23(10-7-20)33-16-14-30-15-17-33;3-2(4,5)1(6)7/h2-5,8,11,18,20,23,25,30H,6-7,9-10,12-17H2,1H3,(H,31,35,36);(H,6,7). The molecule has 44 heavy (non-hydrogen) atoms. The zero-order valence-corrected chi connectivity index (χ0v) is 24.4. The number of imidazole rings is 1. The van der Waals surface area contributed by atoms with Crippen molar-refractivity contribution in [2.24, 2.45) is 7.05 Å². The molecule has 0 radical (unpaired) electrons. The molecule has 3 fully saturated rings. The SMILES string of the molecule is Cn1c(=O)n(C2CCC(=O)NC2=O)c2ccc(-c3ccc(C4CCC(N5CCNCC5)CC4)cc3)cc21.O=C(O)C(F)(F)F. The number of amides is 2. The Hall–Kier alpha value is -3.97. The molecule has 2 aromatic carbocycles. The van der Waals surface area contributed by atoms with E-state index in [0.717, 1.165) is 35.8 Å². The lowest BCUT2D eigenvalue weighted by Crippen LogP contribution is -2.49. The van der Waals surface area contributed by atoms with Gasteiger partial charge < -0.3 is 10.4 Å². The molecule has 3 aliphatic rings. The molecular formula is C31H36F3N5O5. The van der Waals surface area contributed by atoms with Crippen LogP contribution in [-0.4, -0.2) is 75.3 Å². The van der Waals surface area contributed by atoms with Gasteiger partial charge >= 0.3 is 17.8 Å². The number of aromatic nitrogens is 2. The number of imide groups is 1. The Morgan fingerprint density at radius 3 is 2.09 bits per heavy atom. The number of carboxylic acids is 1. The van der Waals surface area contributed by atoms with Crippen molar-refractivity contribution in [2.45, 2.75) is 62.7 Å². The van der Waals surface area contributed by atoms with Crippen molar-refractivity contribution in [3.05, 3.63) is 58.5 Å². The van der Waals surface area contributed by atoms with Gasteiger partial charge in [0.15, 0.2) is 0 Å². The summed E-state index contributed by atoms with van der Waals surface area (Å²) in [5, 5.41) is 12.9. The number of nitrogens with zero attached hydrogens (tertiary/aromatic N) is 3. The van der Waals surface area contributed by atoms with Gasteiger partial charge in [-0.2, -0.15) is 13.2 Å². The first-order chi connectivity index (χ1) is 20.9. The summed E-state index contributed by atoms with van der Waals surface area (Å²) in [6, 6.07) is 14.9. The Kier molecular flexibility index (Phi) is 9.26. The van der Waals surface area contributed by atoms with Crippen LogP contribution in [0, 0.1) is 0 Å². The van der Waals surface area contributed by atoms with Gasteiger partial charge in [-0.05, 0) is 66.8 Å². The number of carboxylic acid groups (broad SMARTS) is 1. The molecule has 2 aliphatic heterocycles. The second-order valence-electron chi connectivity index (χ2n) is 11.6. The topological polar surface area (TPSA) is 126 Å². The van der Waals surface area contributed by atoms with Crippen molar-refractivity contribution in [3.8, 4) is 11.1 Å². The molecule has 3 N–H and O–H groups in total. The van der Waals surface area contributed by atoms with E-state index in [1.54, 1.807) is 11.6 Å². The molecule has 1 aromatic heterocycles. The minimum absolute atomic E-state index is 0.237. The fourth-order valence-electron chi connectivity index (χ4n) is 6.54. The zero-order chi connectivity index (χ0) is 31.6. The number of aliphatic carboxylic acids is 1. The van der Waals surface area contributed by atoms with Crippen molar-refractivity contribution >= 4 is 28.8 Å². The van der Waals surface area contributed by atoms with Gasteiger partial charge in [-0.15, -0.1) is 0 Å². The van der Waals surface area contributed by atoms with Crippen LogP contribution in [0.1, 0.15) is 56.0 Å². The van der Waals surface area contributed by atoms with Crippen LogP contribution in [0.15, 0.2) is 47.3 Å². The lowest BCUT2D eigenvalue weighted by molar-refractivity contribution is -0.192. The van der Waals surface area contributed by atoms with Crippen LogP contribution >= 0.6 is 0 Å². The summed E-state index contributed by atoms with van der Waals surface area (Å²) in [6.45, 7) is 4.58. The minimum Gasteiger partial charge on any atom is -0.475 e. The fraction of sp³-hybridized carbons (Fsp3) is 0.484. The van der Waals surface area contributed by atoms with Gasteiger partial charge in [-0.3, -0.25) is 28.9 Å². The smallest absolute Gasteiger partial charge is 0.475 e. The molecule has 1 saturated carbocycles. The Balaban J connectivity index is 0.000000493. The van der Waals surface area contributed by atoms with Crippen LogP contribution < -0.4 is 16.3 Å². The number of piperidine rings is 1. The normalized spacial score (nSPS) is 23.1. The number of benzene rings is 2. The molecule has 0 bridgehead atoms. The predicted molar refractivity (Wildman–Crippen MR) is 157 cm³/mol. The Morgan fingerprint density at radius 2 is 1.50 bits per heavy atom. The molecule has 2 saturated heterocycles. The van der Waals surface area contributed by atoms with E-state index in [2.05, 4.69) is 39.8 Å². The van der Waals surface area contributed by atoms with E-state index in [9.17, 15) is 27.6 Å². The highest BCUT2D eigenvalue weighted by molar-refractivity contribution is 6.00. The summed E-state index contributed by atoms with van der Waals surface area (Å²) < 4.78 is 34.9. The van der Waals surface area contributed by atoms with Gasteiger partial charge in [0.25, 0.3) is 0 Å². The molecular weight excluding hydrogens is 579 g/mol. The van der Waals surface area contributed by atoms with E-state index >= 15 is 0 Å². The summed E-state index contributed by atoms with van der Waals surface area (Å²) in [5.41, 5.74) is 4.82. The average molecular weight is 616 g/mol. The summed E-state index contributed by atoms with van der Waals surface area (Å²) in [4.78, 5) is 48.7. The molecule has 6 rings (SSSR count). The maximum Gasteiger partial charge on any atom is 0.490 e. The van der Waals surface area contributed by atoms with Crippen molar-refractivity contribution in [2.75, 3.05) is 26.2 Å². The molecule has 1 atom stereocenters. The van der Waals surface area contributed by atoms with Crippen LogP contribution in [0.2, 0.25) is 0 Å². The zero-order valence-electron chi connectivity index (χ0n) is 24.4. The fourth-order valence-corrected chi connectivity index (χ4v) is 6.54. The summed E-state index contributed by atoms with van der Waals surface area (Å²) in [5.74, 6) is -2.83. The number of nitrogens with one attached hydrogen (secondary N) is 2. The molecule has 1 unspecified atom stereocenters. The van der Waals surface area contributed by atoms with E-state index in [-0.39, 0.29) is 18.0 Å². The first-order valence-corrected chi connectivity index (χ1v) is 14.8. The summed E-state index contributed by atoms with van der Waals surface area (Å²) >= 11 is 0. The summed E-state index contributed by atoms with van der Waals surface area (Å²) in [6.07, 6.45) is 0.541. The number of piperazine rings is 1. The second-order valence-corrected chi connectivity index (χ2v) is 11.6. The number of fused-ring (bicyclic) bond motifs is 1. The number of hydrogen-bond acceptors (Lipinski definition) is 6. The van der Waals surface area contributed by atoms with Gasteiger partial charge in [-0.25, -0.2) is 9.59 Å². The molecule has 3 aromatic rings. The van der Waals surface area contributed by atoms with E-state index < -0.39 is 24.1 Å². The molecule has 10 nitrogen and oxygen atoms in total. The van der Waals surface area contributed by atoms with Gasteiger partial charge in [0.2, 0.25) is 11.8 Å². The summed E-state index contributed by atoms with van der Waals surface area (Å²) in [7, 11) is 1.73. The van der Waals surface area contributed by atoms with E-state index in [1.807, 2.05) is 18.2 Å². The van der Waals surface area contributed by atoms with Crippen LogP contribution in [0.3, 0.4) is 0 Å². The lowest BCUT2D eigenvalue weighted by atomic mass is 9.81. The van der Waals surface area contributed by atoms with Crippen LogP contribution in [0.25, 0.3) is 22.2 Å². The Labute approximate surface area is 251 Å². The van der Waals surface area contributed by atoms with Crippen molar-refractivity contribution < 1.29 is 32.7 Å². The van der Waals surface area contributed by atoms with Gasteiger partial charge in [0.05, 0.1) is 11.0 Å². The average Bonchev–Trinajstić information content (AvgIpc) is 3.26. The third-order valence-corrected chi connectivity index (χ3v) is 8.93. The molecule has 3 heterocycles. The molecule has 1 aliphatic carbocycles. The van der Waals surface area contributed by atoms with Crippen molar-refractivity contribution in [1.29, 1.82) is 0 Å². The monoisotopic (exact) mass is 615 g/mol. The number of rotatable bonds is 4. The van der Waals surface area contributed by atoms with Crippen molar-refractivity contribution in [1.82, 2.24) is 24.7 Å². The van der Waals surface area contributed by atoms with E-state index in [4.69, 9.17) is 9.90 Å². The minimum atomic E-state index is -5.08. The molecule has 0 spiro atoms. The van der Waals surface area contributed by atoms with Gasteiger partial charge in [0.1, 0.15) is 6.04 Å². The highest BCUT2D eigenvalue weighted by Crippen LogP contribution is 2.36. The Morgan fingerprint density at radius 1 is 0.886 bits per heavy atom. The number of carbonyl (C=O) groups is 3. The maximum atomic E-state index is 13.1. The van der Waals surface area contributed by atoms with Gasteiger partial charge in [-0.1, -0.05) is 30.3 Å². The number of halogens is 3. The first-order valence-electron chi connectivity index (χ1n) is 14.8. The number of carbonyl (C=O) groups excluding carboxylic acids is 2. The molecule has 236 valence electrons. The second kappa shape index (κ2) is 12.9. The molecule has 13 heteroatoms. The first kappa shape index (κ1) is 31.5. The largest absolute Gasteiger partial charge is 0.490 e. The highest BCUT2D eigenvalue weighted by atomic mass is 19.4. The number of alkyl halides is 3. The third kappa shape index (κ3) is 6.73. The van der Waals surface area contributed by atoms with E-state index in [0.29, 0.717) is 17.9 Å². The van der Waals surface area contributed by atoms with Crippen LogP contribution in [0.5, 0.6) is 0 Å². The van der Waals surface area contributed by atoms with Crippen LogP contribution in [-0.2, 0) is 21.4 Å². The van der Waals surface area contributed by atoms with Crippen molar-refractivity contribution in [3.63, 3.8) is 0 Å². The van der Waals surface area contributed by atoms with Crippen LogP contribution in [0.4, 0.5) is 13.2 Å². The highest BCUT2D eigenvalue weighted by Gasteiger charge is 2.38. The number of hydrogen-bond donors (Lipinski definition) is 3. The quantitative estimate of drug-likeness (QED) is 0.384. The molecule has 2 amide bonds. The maximum absolute atomic E-state index is 13.1. The van der Waals surface area contributed by atoms with E-state index in [1.165, 1.54) is 48.9 Å². The third-order valence-electron chi connectivity index (χ3n) is 8.93. The Bertz CT molecular complexity index is 1580. The van der Waals surface area contributed by atoms with Gasteiger partial charge in [0, 0.05) is 45.7 Å². The predicted octanol–water partition coefficient (Wildman–Crippen LogP) is 3.55. The lowest BCUT2D eigenvalue weighted by Gasteiger charge is -2.39.